The number of benzene rings is 1. The summed E-state index contributed by atoms with van der Waals surface area (Å²) >= 11 is 0. The Morgan fingerprint density at radius 3 is 2.50 bits per heavy atom. The fourth-order valence-corrected chi connectivity index (χ4v) is 2.71. The van der Waals surface area contributed by atoms with Crippen LogP contribution in [0.4, 0.5) is 0 Å². The summed E-state index contributed by atoms with van der Waals surface area (Å²) in [6.07, 6.45) is 3.59. The number of carbonyl (C=O) groups is 2. The highest BCUT2D eigenvalue weighted by Crippen LogP contribution is 2.23. The summed E-state index contributed by atoms with van der Waals surface area (Å²) in [6.45, 7) is 3.71. The summed E-state index contributed by atoms with van der Waals surface area (Å²) in [5, 5.41) is 12.2. The van der Waals surface area contributed by atoms with Crippen molar-refractivity contribution in [1.29, 1.82) is 0 Å². The van der Waals surface area contributed by atoms with Gasteiger partial charge in [-0.1, -0.05) is 19.8 Å². The van der Waals surface area contributed by atoms with Crippen LogP contribution in [0.3, 0.4) is 0 Å². The van der Waals surface area contributed by atoms with Gasteiger partial charge < -0.3 is 15.2 Å². The number of ether oxygens (including phenoxy) is 1. The lowest BCUT2D eigenvalue weighted by Crippen LogP contribution is -2.45. The van der Waals surface area contributed by atoms with E-state index in [2.05, 4.69) is 12.2 Å². The van der Waals surface area contributed by atoms with Gasteiger partial charge in [-0.15, -0.1) is 0 Å². The summed E-state index contributed by atoms with van der Waals surface area (Å²) in [5.74, 6) is -0.295. The standard InChI is InChI=1S/C17H23NO4/c1-11-5-3-4-6-15(11)18-16(20)12(2)22-17(21)13-7-9-14(19)10-8-13/h7-12,15,19H,3-6H2,1-2H3,(H,18,20)/t11-,12-,15+/m1/s1. The molecule has 0 heterocycles. The molecule has 0 unspecified atom stereocenters. The smallest absolute Gasteiger partial charge is 0.338 e. The second kappa shape index (κ2) is 7.29. The maximum Gasteiger partial charge on any atom is 0.338 e. The normalized spacial score (nSPS) is 22.6. The second-order valence-corrected chi connectivity index (χ2v) is 5.97. The van der Waals surface area contributed by atoms with E-state index in [1.54, 1.807) is 6.92 Å². The Morgan fingerprint density at radius 2 is 1.86 bits per heavy atom. The molecule has 2 rings (SSSR count). The van der Waals surface area contributed by atoms with Crippen molar-refractivity contribution in [2.45, 2.75) is 51.7 Å². The Balaban J connectivity index is 1.87. The van der Waals surface area contributed by atoms with Crippen LogP contribution in [-0.4, -0.2) is 29.1 Å². The maximum atomic E-state index is 12.1. The van der Waals surface area contributed by atoms with Crippen LogP contribution in [0, 0.1) is 5.92 Å². The minimum absolute atomic E-state index is 0.0774. The molecule has 1 saturated carbocycles. The van der Waals surface area contributed by atoms with Gasteiger partial charge in [0.15, 0.2) is 6.10 Å². The molecule has 120 valence electrons. The number of hydrogen-bond acceptors (Lipinski definition) is 4. The van der Waals surface area contributed by atoms with Crippen LogP contribution in [0.5, 0.6) is 5.75 Å². The minimum atomic E-state index is -0.838. The molecule has 0 saturated heterocycles. The van der Waals surface area contributed by atoms with Gasteiger partial charge in [0.25, 0.3) is 5.91 Å². The Labute approximate surface area is 130 Å². The first kappa shape index (κ1) is 16.3. The third kappa shape index (κ3) is 4.23. The third-order valence-corrected chi connectivity index (χ3v) is 4.20. The van der Waals surface area contributed by atoms with E-state index in [4.69, 9.17) is 4.74 Å². The molecular formula is C17H23NO4. The fourth-order valence-electron chi connectivity index (χ4n) is 2.71. The molecule has 2 N–H and O–H groups in total. The number of carbonyl (C=O) groups excluding carboxylic acids is 2. The molecule has 5 nitrogen and oxygen atoms in total. The first-order chi connectivity index (χ1) is 10.5. The van der Waals surface area contributed by atoms with E-state index in [1.807, 2.05) is 0 Å². The molecule has 0 aliphatic heterocycles. The van der Waals surface area contributed by atoms with Crippen LogP contribution in [0.15, 0.2) is 24.3 Å². The average molecular weight is 305 g/mol. The zero-order valence-electron chi connectivity index (χ0n) is 13.0. The van der Waals surface area contributed by atoms with Crippen molar-refractivity contribution in [3.63, 3.8) is 0 Å². The number of phenols is 1. The highest BCUT2D eigenvalue weighted by Gasteiger charge is 2.26. The lowest BCUT2D eigenvalue weighted by Gasteiger charge is -2.30. The van der Waals surface area contributed by atoms with Crippen molar-refractivity contribution < 1.29 is 19.4 Å². The summed E-state index contributed by atoms with van der Waals surface area (Å²) in [7, 11) is 0. The molecule has 0 radical (unpaired) electrons. The summed E-state index contributed by atoms with van der Waals surface area (Å²) in [4.78, 5) is 24.1. The summed E-state index contributed by atoms with van der Waals surface area (Å²) < 4.78 is 5.18. The molecule has 0 aromatic heterocycles. The van der Waals surface area contributed by atoms with Gasteiger partial charge in [-0.2, -0.15) is 0 Å². The van der Waals surface area contributed by atoms with Crippen molar-refractivity contribution in [3.8, 4) is 5.75 Å². The lowest BCUT2D eigenvalue weighted by molar-refractivity contribution is -0.130. The minimum Gasteiger partial charge on any atom is -0.508 e. The van der Waals surface area contributed by atoms with E-state index in [0.717, 1.165) is 19.3 Å². The highest BCUT2D eigenvalue weighted by atomic mass is 16.5. The van der Waals surface area contributed by atoms with Crippen LogP contribution in [0.2, 0.25) is 0 Å². The SMILES string of the molecule is C[C@@H]1CCCC[C@@H]1NC(=O)[C@@H](C)OC(=O)c1ccc(O)cc1. The molecular weight excluding hydrogens is 282 g/mol. The predicted molar refractivity (Wildman–Crippen MR) is 82.5 cm³/mol. The second-order valence-electron chi connectivity index (χ2n) is 5.97. The van der Waals surface area contributed by atoms with E-state index >= 15 is 0 Å². The van der Waals surface area contributed by atoms with Crippen LogP contribution in [-0.2, 0) is 9.53 Å². The van der Waals surface area contributed by atoms with Crippen LogP contribution in [0.1, 0.15) is 49.9 Å². The zero-order valence-corrected chi connectivity index (χ0v) is 13.0. The summed E-state index contributed by atoms with van der Waals surface area (Å²) in [6, 6.07) is 5.91. The maximum absolute atomic E-state index is 12.1. The number of phenolic OH excluding ortho intramolecular Hbond substituents is 1. The van der Waals surface area contributed by atoms with Gasteiger partial charge in [-0.05, 0) is 49.9 Å². The molecule has 1 fully saturated rings. The van der Waals surface area contributed by atoms with Gasteiger partial charge >= 0.3 is 5.97 Å². The molecule has 1 aromatic rings. The molecule has 1 aliphatic rings. The largest absolute Gasteiger partial charge is 0.508 e. The van der Waals surface area contributed by atoms with Crippen LogP contribution < -0.4 is 5.32 Å². The van der Waals surface area contributed by atoms with Crippen LogP contribution in [0.25, 0.3) is 0 Å². The van der Waals surface area contributed by atoms with Gasteiger partial charge in [0.1, 0.15) is 5.75 Å². The van der Waals surface area contributed by atoms with Gasteiger partial charge in [-0.25, -0.2) is 4.79 Å². The highest BCUT2D eigenvalue weighted by molar-refractivity contribution is 5.92. The Kier molecular flexibility index (Phi) is 5.41. The predicted octanol–water partition coefficient (Wildman–Crippen LogP) is 2.63. The molecule has 0 bridgehead atoms. The third-order valence-electron chi connectivity index (χ3n) is 4.20. The number of amides is 1. The zero-order chi connectivity index (χ0) is 16.1. The van der Waals surface area contributed by atoms with Gasteiger partial charge in [0, 0.05) is 6.04 Å². The number of nitrogens with one attached hydrogen (secondary N) is 1. The van der Waals surface area contributed by atoms with E-state index in [0.29, 0.717) is 11.5 Å². The van der Waals surface area contributed by atoms with Crippen molar-refractivity contribution in [2.24, 2.45) is 5.92 Å². The fraction of sp³-hybridized carbons (Fsp3) is 0.529. The van der Waals surface area contributed by atoms with E-state index in [9.17, 15) is 14.7 Å². The van der Waals surface area contributed by atoms with Gasteiger partial charge in [-0.3, -0.25) is 4.79 Å². The first-order valence-electron chi connectivity index (χ1n) is 7.77. The molecule has 1 aromatic carbocycles. The number of aromatic hydroxyl groups is 1. The van der Waals surface area contributed by atoms with Crippen molar-refractivity contribution in [2.75, 3.05) is 0 Å². The number of esters is 1. The number of hydrogen-bond donors (Lipinski definition) is 2. The van der Waals surface area contributed by atoms with Crippen molar-refractivity contribution in [1.82, 2.24) is 5.32 Å². The van der Waals surface area contributed by atoms with Gasteiger partial charge in [0.05, 0.1) is 5.56 Å². The average Bonchev–Trinajstić information content (AvgIpc) is 2.50. The quantitative estimate of drug-likeness (QED) is 0.839. The first-order valence-corrected chi connectivity index (χ1v) is 7.77. The molecule has 1 aliphatic carbocycles. The molecule has 3 atom stereocenters. The lowest BCUT2D eigenvalue weighted by atomic mass is 9.86. The monoisotopic (exact) mass is 305 g/mol. The van der Waals surface area contributed by atoms with E-state index < -0.39 is 12.1 Å². The van der Waals surface area contributed by atoms with Gasteiger partial charge in [0.2, 0.25) is 0 Å². The molecule has 1 amide bonds. The Bertz CT molecular complexity index is 526. The number of rotatable bonds is 4. The van der Waals surface area contributed by atoms with Crippen LogP contribution >= 0.6 is 0 Å². The van der Waals surface area contributed by atoms with Crippen molar-refractivity contribution in [3.05, 3.63) is 29.8 Å². The Morgan fingerprint density at radius 1 is 1.23 bits per heavy atom. The molecule has 5 heteroatoms. The van der Waals surface area contributed by atoms with E-state index in [1.165, 1.54) is 30.7 Å². The molecule has 22 heavy (non-hydrogen) atoms. The van der Waals surface area contributed by atoms with E-state index in [-0.39, 0.29) is 17.7 Å². The summed E-state index contributed by atoms with van der Waals surface area (Å²) in [5.41, 5.74) is 0.309. The van der Waals surface area contributed by atoms with Crippen molar-refractivity contribution >= 4 is 11.9 Å². The molecule has 0 spiro atoms. The Hall–Kier alpha value is -2.04. The topological polar surface area (TPSA) is 75.6 Å².